The Labute approximate surface area is 115 Å². The van der Waals surface area contributed by atoms with Gasteiger partial charge in [0.25, 0.3) is 5.91 Å². The van der Waals surface area contributed by atoms with E-state index in [4.69, 9.17) is 11.6 Å². The van der Waals surface area contributed by atoms with Crippen molar-refractivity contribution >= 4 is 33.4 Å². The van der Waals surface area contributed by atoms with Crippen LogP contribution in [0.1, 0.15) is 23.2 Å². The van der Waals surface area contributed by atoms with Crippen LogP contribution in [0.4, 0.5) is 0 Å². The quantitative estimate of drug-likeness (QED) is 0.590. The van der Waals surface area contributed by atoms with Gasteiger partial charge in [0.15, 0.2) is 0 Å². The molecule has 0 heterocycles. The topological polar surface area (TPSA) is 20.3 Å². The van der Waals surface area contributed by atoms with Crippen molar-refractivity contribution < 1.29 is 4.79 Å². The van der Waals surface area contributed by atoms with Gasteiger partial charge in [0.1, 0.15) is 0 Å². The lowest BCUT2D eigenvalue weighted by Crippen LogP contribution is -2.27. The van der Waals surface area contributed by atoms with E-state index in [-0.39, 0.29) is 5.91 Å². The zero-order valence-corrected chi connectivity index (χ0v) is 12.1. The summed E-state index contributed by atoms with van der Waals surface area (Å²) in [5.41, 5.74) is 0.530. The molecule has 0 atom stereocenters. The first-order valence-corrected chi connectivity index (χ1v) is 6.55. The number of hydrogen-bond acceptors (Lipinski definition) is 1. The third kappa shape index (κ3) is 3.86. The van der Waals surface area contributed by atoms with E-state index >= 15 is 0 Å². The van der Waals surface area contributed by atoms with E-state index in [0.29, 0.717) is 17.1 Å². The highest BCUT2D eigenvalue weighted by atomic mass is 79.9. The van der Waals surface area contributed by atoms with E-state index < -0.39 is 0 Å². The fourth-order valence-electron chi connectivity index (χ4n) is 1.45. The van der Waals surface area contributed by atoms with Crippen LogP contribution >= 0.6 is 27.5 Å². The Kier molecular flexibility index (Phi) is 5.72. The van der Waals surface area contributed by atoms with Crippen LogP contribution < -0.4 is 0 Å². The average molecular weight is 317 g/mol. The van der Waals surface area contributed by atoms with Gasteiger partial charge in [0.05, 0.1) is 10.6 Å². The van der Waals surface area contributed by atoms with E-state index in [9.17, 15) is 4.79 Å². The van der Waals surface area contributed by atoms with E-state index in [1.165, 1.54) is 0 Å². The van der Waals surface area contributed by atoms with Gasteiger partial charge in [-0.3, -0.25) is 4.79 Å². The van der Waals surface area contributed by atoms with Gasteiger partial charge >= 0.3 is 0 Å². The standard InChI is InChI=1S/C13H15BrClNO/c1-3-4-5-9-16(2)13(17)10-7-6-8-11(14)12(10)15/h3,6-8H,1,4-5,9H2,2H3. The Morgan fingerprint density at radius 3 is 2.94 bits per heavy atom. The molecule has 0 aromatic heterocycles. The maximum atomic E-state index is 12.1. The maximum Gasteiger partial charge on any atom is 0.255 e. The summed E-state index contributed by atoms with van der Waals surface area (Å²) in [4.78, 5) is 13.8. The van der Waals surface area contributed by atoms with Crippen molar-refractivity contribution in [2.75, 3.05) is 13.6 Å². The van der Waals surface area contributed by atoms with Crippen molar-refractivity contribution in [2.45, 2.75) is 12.8 Å². The normalized spacial score (nSPS) is 10.1. The number of carbonyl (C=O) groups excluding carboxylic acids is 1. The Bertz CT molecular complexity index is 420. The fourth-order valence-corrected chi connectivity index (χ4v) is 2.02. The minimum absolute atomic E-state index is 0.0552. The lowest BCUT2D eigenvalue weighted by molar-refractivity contribution is 0.0794. The molecule has 0 radical (unpaired) electrons. The summed E-state index contributed by atoms with van der Waals surface area (Å²) in [5.74, 6) is -0.0552. The third-order valence-corrected chi connectivity index (χ3v) is 3.73. The van der Waals surface area contributed by atoms with Gasteiger partial charge in [-0.05, 0) is 40.9 Å². The second kappa shape index (κ2) is 6.82. The first-order chi connectivity index (χ1) is 8.07. The lowest BCUT2D eigenvalue weighted by atomic mass is 10.2. The lowest BCUT2D eigenvalue weighted by Gasteiger charge is -2.17. The monoisotopic (exact) mass is 315 g/mol. The molecule has 0 N–H and O–H groups in total. The predicted molar refractivity (Wildman–Crippen MR) is 75.5 cm³/mol. The molecule has 2 nitrogen and oxygen atoms in total. The molecule has 0 aliphatic rings. The summed E-state index contributed by atoms with van der Waals surface area (Å²) in [6.45, 7) is 4.36. The van der Waals surface area contributed by atoms with Crippen LogP contribution in [0.15, 0.2) is 35.3 Å². The van der Waals surface area contributed by atoms with Gasteiger partial charge in [0, 0.05) is 18.1 Å². The summed E-state index contributed by atoms with van der Waals surface area (Å²) in [7, 11) is 1.78. The van der Waals surface area contributed by atoms with Crippen LogP contribution in [0.5, 0.6) is 0 Å². The average Bonchev–Trinajstić information content (AvgIpc) is 2.32. The van der Waals surface area contributed by atoms with E-state index in [1.54, 1.807) is 24.1 Å². The first kappa shape index (κ1) is 14.3. The van der Waals surface area contributed by atoms with Gasteiger partial charge < -0.3 is 4.90 Å². The first-order valence-electron chi connectivity index (χ1n) is 5.38. The minimum atomic E-state index is -0.0552. The predicted octanol–water partition coefficient (Wildman–Crippen LogP) is 4.14. The molecule has 1 amide bonds. The van der Waals surface area contributed by atoms with Crippen molar-refractivity contribution in [1.82, 2.24) is 4.90 Å². The van der Waals surface area contributed by atoms with Gasteiger partial charge in [0.2, 0.25) is 0 Å². The molecule has 1 aromatic carbocycles. The number of carbonyl (C=O) groups is 1. The minimum Gasteiger partial charge on any atom is -0.342 e. The van der Waals surface area contributed by atoms with Crippen molar-refractivity contribution in [3.05, 3.63) is 45.9 Å². The van der Waals surface area contributed by atoms with Crippen molar-refractivity contribution in [3.8, 4) is 0 Å². The molecule has 0 fully saturated rings. The molecule has 1 rings (SSSR count). The molecule has 0 aliphatic carbocycles. The second-order valence-corrected chi connectivity index (χ2v) is 4.99. The second-order valence-electron chi connectivity index (χ2n) is 3.76. The van der Waals surface area contributed by atoms with Gasteiger partial charge in [-0.2, -0.15) is 0 Å². The van der Waals surface area contributed by atoms with Crippen LogP contribution in [-0.2, 0) is 0 Å². The van der Waals surface area contributed by atoms with Gasteiger partial charge in [-0.1, -0.05) is 23.7 Å². The third-order valence-electron chi connectivity index (χ3n) is 2.43. The van der Waals surface area contributed by atoms with Crippen LogP contribution in [-0.4, -0.2) is 24.4 Å². The van der Waals surface area contributed by atoms with E-state index in [2.05, 4.69) is 22.5 Å². The molecule has 92 valence electrons. The maximum absolute atomic E-state index is 12.1. The van der Waals surface area contributed by atoms with Crippen LogP contribution in [0.2, 0.25) is 5.02 Å². The SMILES string of the molecule is C=CCCCN(C)C(=O)c1cccc(Br)c1Cl. The summed E-state index contributed by atoms with van der Waals surface area (Å²) < 4.78 is 0.740. The van der Waals surface area contributed by atoms with Crippen molar-refractivity contribution in [2.24, 2.45) is 0 Å². The number of halogens is 2. The Hall–Kier alpha value is -0.800. The molecule has 0 bridgehead atoms. The molecular weight excluding hydrogens is 302 g/mol. The van der Waals surface area contributed by atoms with Crippen LogP contribution in [0, 0.1) is 0 Å². The molecule has 0 saturated carbocycles. The number of unbranched alkanes of at least 4 members (excludes halogenated alkanes) is 1. The Morgan fingerprint density at radius 1 is 1.59 bits per heavy atom. The van der Waals surface area contributed by atoms with Crippen LogP contribution in [0.25, 0.3) is 0 Å². The van der Waals surface area contributed by atoms with E-state index in [1.807, 2.05) is 12.1 Å². The van der Waals surface area contributed by atoms with Gasteiger partial charge in [-0.25, -0.2) is 0 Å². The Balaban J connectivity index is 2.75. The number of hydrogen-bond donors (Lipinski definition) is 0. The highest BCUT2D eigenvalue weighted by Gasteiger charge is 2.15. The molecule has 4 heteroatoms. The number of nitrogens with zero attached hydrogens (tertiary/aromatic N) is 1. The molecular formula is C13H15BrClNO. The summed E-state index contributed by atoms with van der Waals surface area (Å²) in [5, 5.41) is 0.466. The smallest absolute Gasteiger partial charge is 0.255 e. The molecule has 0 aliphatic heterocycles. The highest BCUT2D eigenvalue weighted by molar-refractivity contribution is 9.10. The molecule has 17 heavy (non-hydrogen) atoms. The van der Waals surface area contributed by atoms with Gasteiger partial charge in [-0.15, -0.1) is 6.58 Å². The highest BCUT2D eigenvalue weighted by Crippen LogP contribution is 2.26. The molecule has 0 unspecified atom stereocenters. The largest absolute Gasteiger partial charge is 0.342 e. The number of allylic oxidation sites excluding steroid dienone is 1. The molecule has 0 spiro atoms. The Morgan fingerprint density at radius 2 is 2.29 bits per heavy atom. The zero-order valence-electron chi connectivity index (χ0n) is 9.75. The van der Waals surface area contributed by atoms with Crippen molar-refractivity contribution in [1.29, 1.82) is 0 Å². The number of amides is 1. The number of rotatable bonds is 5. The zero-order chi connectivity index (χ0) is 12.8. The summed E-state index contributed by atoms with van der Waals surface area (Å²) in [6.07, 6.45) is 3.67. The summed E-state index contributed by atoms with van der Waals surface area (Å²) in [6, 6.07) is 5.36. The van der Waals surface area contributed by atoms with E-state index in [0.717, 1.165) is 17.3 Å². The fraction of sp³-hybridized carbons (Fsp3) is 0.308. The number of benzene rings is 1. The van der Waals surface area contributed by atoms with Crippen LogP contribution in [0.3, 0.4) is 0 Å². The molecule has 1 aromatic rings. The summed E-state index contributed by atoms with van der Waals surface area (Å²) >= 11 is 9.39. The van der Waals surface area contributed by atoms with Crippen molar-refractivity contribution in [3.63, 3.8) is 0 Å². The molecule has 0 saturated heterocycles.